The molecule has 154 valence electrons. The third-order valence-corrected chi connectivity index (χ3v) is 4.54. The molecule has 0 radical (unpaired) electrons. The predicted molar refractivity (Wildman–Crippen MR) is 114 cm³/mol. The summed E-state index contributed by atoms with van der Waals surface area (Å²) < 4.78 is 16.6. The number of hydrazine groups is 1. The van der Waals surface area contributed by atoms with E-state index < -0.39 is 11.8 Å². The minimum Gasteiger partial charge on any atom is -0.493 e. The molecule has 0 spiro atoms. The van der Waals surface area contributed by atoms with Gasteiger partial charge in [0, 0.05) is 6.08 Å². The molecule has 0 bridgehead atoms. The van der Waals surface area contributed by atoms with Crippen molar-refractivity contribution in [3.63, 3.8) is 0 Å². The highest BCUT2D eigenvalue weighted by molar-refractivity contribution is 9.10. The van der Waals surface area contributed by atoms with Gasteiger partial charge in [-0.3, -0.25) is 20.4 Å². The van der Waals surface area contributed by atoms with Gasteiger partial charge in [-0.25, -0.2) is 0 Å². The number of hydrogen-bond donors (Lipinski definition) is 2. The molecule has 2 rings (SSSR count). The number of rotatable bonds is 8. The van der Waals surface area contributed by atoms with E-state index in [9.17, 15) is 9.59 Å². The van der Waals surface area contributed by atoms with Crippen LogP contribution in [0.5, 0.6) is 17.2 Å². The third-order valence-electron chi connectivity index (χ3n) is 3.92. The molecule has 0 aliphatic rings. The number of hydrogen-bond acceptors (Lipinski definition) is 5. The van der Waals surface area contributed by atoms with Crippen molar-refractivity contribution in [2.75, 3.05) is 20.8 Å². The smallest absolute Gasteiger partial charge is 0.276 e. The van der Waals surface area contributed by atoms with E-state index >= 15 is 0 Å². The number of carbonyl (C=O) groups excluding carboxylic acids is 2. The van der Waals surface area contributed by atoms with Crippen molar-refractivity contribution in [3.05, 3.63) is 58.1 Å². The van der Waals surface area contributed by atoms with Gasteiger partial charge < -0.3 is 14.2 Å². The highest BCUT2D eigenvalue weighted by Crippen LogP contribution is 2.28. The van der Waals surface area contributed by atoms with Crippen LogP contribution in [0.25, 0.3) is 6.08 Å². The summed E-state index contributed by atoms with van der Waals surface area (Å²) in [6, 6.07) is 10.9. The lowest BCUT2D eigenvalue weighted by Crippen LogP contribution is -2.43. The molecule has 7 nitrogen and oxygen atoms in total. The molecule has 0 unspecified atom stereocenters. The first kappa shape index (κ1) is 22.3. The van der Waals surface area contributed by atoms with E-state index in [1.54, 1.807) is 37.5 Å². The van der Waals surface area contributed by atoms with Crippen LogP contribution in [0, 0.1) is 0 Å². The van der Waals surface area contributed by atoms with E-state index in [2.05, 4.69) is 33.7 Å². The molecule has 29 heavy (non-hydrogen) atoms. The average Bonchev–Trinajstić information content (AvgIpc) is 2.74. The van der Waals surface area contributed by atoms with Gasteiger partial charge in [-0.1, -0.05) is 19.1 Å². The minimum absolute atomic E-state index is 0.232. The first-order chi connectivity index (χ1) is 14.0. The van der Waals surface area contributed by atoms with E-state index in [4.69, 9.17) is 14.2 Å². The molecule has 0 aliphatic carbocycles. The van der Waals surface area contributed by atoms with Crippen molar-refractivity contribution < 1.29 is 23.8 Å². The van der Waals surface area contributed by atoms with Gasteiger partial charge in [0.25, 0.3) is 11.8 Å². The lowest BCUT2D eigenvalue weighted by atomic mass is 10.2. The molecule has 2 N–H and O–H groups in total. The van der Waals surface area contributed by atoms with Crippen LogP contribution >= 0.6 is 15.9 Å². The van der Waals surface area contributed by atoms with E-state index in [0.717, 1.165) is 22.0 Å². The number of ether oxygens (including phenoxy) is 3. The van der Waals surface area contributed by atoms with Gasteiger partial charge in [0.05, 0.1) is 18.7 Å². The molecule has 0 aromatic heterocycles. The van der Waals surface area contributed by atoms with Crippen LogP contribution in [0.1, 0.15) is 18.1 Å². The molecule has 0 saturated carbocycles. The zero-order valence-electron chi connectivity index (χ0n) is 16.5. The lowest BCUT2D eigenvalue weighted by molar-refractivity contribution is -0.128. The summed E-state index contributed by atoms with van der Waals surface area (Å²) >= 11 is 3.41. The Morgan fingerprint density at radius 3 is 2.38 bits per heavy atom. The molecule has 2 amide bonds. The Labute approximate surface area is 178 Å². The number of carbonyl (C=O) groups is 2. The summed E-state index contributed by atoms with van der Waals surface area (Å²) in [5.41, 5.74) is 6.50. The van der Waals surface area contributed by atoms with E-state index in [1.807, 2.05) is 12.1 Å². The van der Waals surface area contributed by atoms with Crippen molar-refractivity contribution in [2.24, 2.45) is 0 Å². The molecule has 0 heterocycles. The maximum atomic E-state index is 11.9. The maximum absolute atomic E-state index is 11.9. The zero-order valence-corrected chi connectivity index (χ0v) is 18.0. The number of halogens is 1. The summed E-state index contributed by atoms with van der Waals surface area (Å²) in [6.45, 7) is 1.82. The van der Waals surface area contributed by atoms with Gasteiger partial charge in [-0.15, -0.1) is 0 Å². The largest absolute Gasteiger partial charge is 0.493 e. The highest BCUT2D eigenvalue weighted by atomic mass is 79.9. The Morgan fingerprint density at radius 2 is 1.72 bits per heavy atom. The van der Waals surface area contributed by atoms with Crippen LogP contribution in [-0.4, -0.2) is 32.6 Å². The van der Waals surface area contributed by atoms with Gasteiger partial charge in [-0.2, -0.15) is 0 Å². The Balaban J connectivity index is 1.81. The summed E-state index contributed by atoms with van der Waals surface area (Å²) in [7, 11) is 3.08. The molecular formula is C21H23BrN2O5. The van der Waals surface area contributed by atoms with E-state index in [1.165, 1.54) is 13.2 Å². The second-order valence-corrected chi connectivity index (χ2v) is 6.75. The molecular weight excluding hydrogens is 440 g/mol. The van der Waals surface area contributed by atoms with Crippen LogP contribution in [-0.2, 0) is 16.0 Å². The highest BCUT2D eigenvalue weighted by Gasteiger charge is 2.07. The molecule has 2 aromatic carbocycles. The number of methoxy groups -OCH3 is 2. The summed E-state index contributed by atoms with van der Waals surface area (Å²) in [4.78, 5) is 23.7. The number of nitrogens with one attached hydrogen (secondary N) is 2. The lowest BCUT2D eigenvalue weighted by Gasteiger charge is -2.10. The molecule has 0 saturated heterocycles. The first-order valence-corrected chi connectivity index (χ1v) is 9.66. The topological polar surface area (TPSA) is 85.9 Å². The Morgan fingerprint density at radius 1 is 1.00 bits per heavy atom. The molecule has 8 heteroatoms. The maximum Gasteiger partial charge on any atom is 0.276 e. The molecule has 0 fully saturated rings. The molecule has 0 atom stereocenters. The van der Waals surface area contributed by atoms with Crippen LogP contribution in [0.4, 0.5) is 0 Å². The SMILES string of the molecule is CCc1ccc(OCC(=O)NNC(=O)/C=C/c2ccc(OC)c(OC)c2)c(Br)c1. The third kappa shape index (κ3) is 6.83. The van der Waals surface area contributed by atoms with Crippen LogP contribution < -0.4 is 25.1 Å². The van der Waals surface area contributed by atoms with Crippen LogP contribution in [0.3, 0.4) is 0 Å². The predicted octanol–water partition coefficient (Wildman–Crippen LogP) is 3.27. The van der Waals surface area contributed by atoms with Crippen LogP contribution in [0.2, 0.25) is 0 Å². The summed E-state index contributed by atoms with van der Waals surface area (Å²) in [5.74, 6) is 0.735. The Bertz CT molecular complexity index is 899. The molecule has 0 aliphatic heterocycles. The number of benzene rings is 2. The number of amides is 2. The summed E-state index contributed by atoms with van der Waals surface area (Å²) in [5, 5.41) is 0. The van der Waals surface area contributed by atoms with Crippen molar-refractivity contribution >= 4 is 33.8 Å². The van der Waals surface area contributed by atoms with E-state index in [0.29, 0.717) is 17.2 Å². The minimum atomic E-state index is -0.485. The van der Waals surface area contributed by atoms with Gasteiger partial charge in [0.1, 0.15) is 5.75 Å². The van der Waals surface area contributed by atoms with Gasteiger partial charge in [0.2, 0.25) is 0 Å². The van der Waals surface area contributed by atoms with Crippen molar-refractivity contribution in [1.82, 2.24) is 10.9 Å². The standard InChI is InChI=1S/C21H23BrN2O5/c1-4-14-5-8-17(16(22)11-14)29-13-21(26)24-23-20(25)10-7-15-6-9-18(27-2)19(12-15)28-3/h5-12H,4,13H2,1-3H3,(H,23,25)(H,24,26)/b10-7+. The van der Waals surface area contributed by atoms with E-state index in [-0.39, 0.29) is 6.61 Å². The van der Waals surface area contributed by atoms with Gasteiger partial charge >= 0.3 is 0 Å². The van der Waals surface area contributed by atoms with Crippen molar-refractivity contribution in [3.8, 4) is 17.2 Å². The fourth-order valence-electron chi connectivity index (χ4n) is 2.36. The Hall–Kier alpha value is -3.00. The number of aryl methyl sites for hydroxylation is 1. The second kappa shape index (κ2) is 11.1. The molecule has 2 aromatic rings. The van der Waals surface area contributed by atoms with Gasteiger partial charge in [-0.05, 0) is 63.8 Å². The fourth-order valence-corrected chi connectivity index (χ4v) is 2.90. The Kier molecular flexibility index (Phi) is 8.54. The quantitative estimate of drug-likeness (QED) is 0.464. The monoisotopic (exact) mass is 462 g/mol. The van der Waals surface area contributed by atoms with Crippen LogP contribution in [0.15, 0.2) is 46.9 Å². The first-order valence-electron chi connectivity index (χ1n) is 8.87. The van der Waals surface area contributed by atoms with Crippen molar-refractivity contribution in [1.29, 1.82) is 0 Å². The van der Waals surface area contributed by atoms with Gasteiger partial charge in [0.15, 0.2) is 18.1 Å². The second-order valence-electron chi connectivity index (χ2n) is 5.89. The van der Waals surface area contributed by atoms with Crippen molar-refractivity contribution in [2.45, 2.75) is 13.3 Å². The fraction of sp³-hybridized carbons (Fsp3) is 0.238. The zero-order chi connectivity index (χ0) is 21.2. The summed E-state index contributed by atoms with van der Waals surface area (Å²) in [6.07, 6.45) is 3.79. The normalized spacial score (nSPS) is 10.5. The average molecular weight is 463 g/mol.